The lowest BCUT2D eigenvalue weighted by atomic mass is 10.1. The first-order valence-electron chi connectivity index (χ1n) is 6.98. The van der Waals surface area contributed by atoms with Gasteiger partial charge in [-0.2, -0.15) is 0 Å². The number of methoxy groups -OCH3 is 1. The molecule has 0 atom stereocenters. The van der Waals surface area contributed by atoms with Crippen molar-refractivity contribution in [2.24, 2.45) is 0 Å². The van der Waals surface area contributed by atoms with E-state index in [9.17, 15) is 0 Å². The van der Waals surface area contributed by atoms with E-state index < -0.39 is 0 Å². The molecule has 0 aromatic carbocycles. The second kappa shape index (κ2) is 9.13. The summed E-state index contributed by atoms with van der Waals surface area (Å²) in [6, 6.07) is 3.93. The Labute approximate surface area is 121 Å². The molecule has 0 saturated carbocycles. The van der Waals surface area contributed by atoms with Crippen molar-refractivity contribution < 1.29 is 18.6 Å². The summed E-state index contributed by atoms with van der Waals surface area (Å²) < 4.78 is 21.3. The van der Waals surface area contributed by atoms with Crippen molar-refractivity contribution in [3.8, 4) is 0 Å². The van der Waals surface area contributed by atoms with Crippen molar-refractivity contribution in [3.63, 3.8) is 0 Å². The zero-order chi connectivity index (χ0) is 14.8. The highest BCUT2D eigenvalue weighted by atomic mass is 16.5. The molecule has 0 unspecified atom stereocenters. The Morgan fingerprint density at radius 2 is 1.65 bits per heavy atom. The first kappa shape index (κ1) is 17.2. The zero-order valence-corrected chi connectivity index (χ0v) is 13.0. The normalized spacial score (nSPS) is 12.0. The van der Waals surface area contributed by atoms with E-state index >= 15 is 0 Å². The van der Waals surface area contributed by atoms with Gasteiger partial charge < -0.3 is 23.9 Å². The van der Waals surface area contributed by atoms with Crippen LogP contribution in [0.4, 0.5) is 0 Å². The monoisotopic (exact) mass is 285 g/mol. The van der Waals surface area contributed by atoms with Gasteiger partial charge in [-0.3, -0.25) is 0 Å². The molecule has 1 aromatic heterocycles. The van der Waals surface area contributed by atoms with Crippen LogP contribution in [0.2, 0.25) is 0 Å². The Hall–Kier alpha value is -0.880. The van der Waals surface area contributed by atoms with E-state index in [2.05, 4.69) is 26.1 Å². The molecule has 1 aromatic rings. The van der Waals surface area contributed by atoms with Crippen molar-refractivity contribution in [3.05, 3.63) is 23.7 Å². The van der Waals surface area contributed by atoms with Crippen molar-refractivity contribution in [2.75, 3.05) is 33.5 Å². The molecule has 5 heteroatoms. The summed E-state index contributed by atoms with van der Waals surface area (Å²) in [6.07, 6.45) is 0. The van der Waals surface area contributed by atoms with Crippen LogP contribution in [-0.2, 0) is 27.4 Å². The van der Waals surface area contributed by atoms with Gasteiger partial charge in [0.15, 0.2) is 0 Å². The summed E-state index contributed by atoms with van der Waals surface area (Å²) in [5, 5.41) is 3.38. The van der Waals surface area contributed by atoms with Gasteiger partial charge in [-0.15, -0.1) is 0 Å². The van der Waals surface area contributed by atoms with E-state index in [1.165, 1.54) is 0 Å². The molecule has 0 aliphatic rings. The maximum absolute atomic E-state index is 5.68. The largest absolute Gasteiger partial charge is 0.462 e. The zero-order valence-electron chi connectivity index (χ0n) is 13.0. The van der Waals surface area contributed by atoms with Gasteiger partial charge in [0.05, 0.1) is 33.0 Å². The van der Waals surface area contributed by atoms with Gasteiger partial charge in [0, 0.05) is 12.6 Å². The molecular weight excluding hydrogens is 258 g/mol. The number of furan rings is 1. The summed E-state index contributed by atoms with van der Waals surface area (Å²) >= 11 is 0. The predicted molar refractivity (Wildman–Crippen MR) is 77.7 cm³/mol. The minimum atomic E-state index is 0.0863. The third-order valence-corrected chi connectivity index (χ3v) is 2.56. The number of nitrogens with one attached hydrogen (secondary N) is 1. The number of ether oxygens (including phenoxy) is 3. The van der Waals surface area contributed by atoms with Crippen LogP contribution in [0.1, 0.15) is 32.3 Å². The van der Waals surface area contributed by atoms with E-state index in [-0.39, 0.29) is 5.54 Å². The van der Waals surface area contributed by atoms with Gasteiger partial charge in [0.25, 0.3) is 0 Å². The highest BCUT2D eigenvalue weighted by Crippen LogP contribution is 2.10. The molecule has 1 rings (SSSR count). The maximum atomic E-state index is 5.68. The molecule has 0 amide bonds. The van der Waals surface area contributed by atoms with Crippen molar-refractivity contribution in [1.29, 1.82) is 0 Å². The van der Waals surface area contributed by atoms with Crippen LogP contribution >= 0.6 is 0 Å². The van der Waals surface area contributed by atoms with E-state index in [1.807, 2.05) is 12.1 Å². The van der Waals surface area contributed by atoms with Crippen LogP contribution in [0, 0.1) is 0 Å². The topological polar surface area (TPSA) is 52.9 Å². The molecule has 1 heterocycles. The van der Waals surface area contributed by atoms with Crippen LogP contribution in [0.15, 0.2) is 16.5 Å². The summed E-state index contributed by atoms with van der Waals surface area (Å²) in [4.78, 5) is 0. The average molecular weight is 285 g/mol. The smallest absolute Gasteiger partial charge is 0.129 e. The van der Waals surface area contributed by atoms with Crippen molar-refractivity contribution in [1.82, 2.24) is 5.32 Å². The Balaban J connectivity index is 2.11. The van der Waals surface area contributed by atoms with E-state index in [1.54, 1.807) is 7.11 Å². The van der Waals surface area contributed by atoms with Crippen LogP contribution in [-0.4, -0.2) is 39.1 Å². The van der Waals surface area contributed by atoms with Gasteiger partial charge in [-0.05, 0) is 32.9 Å². The second-order valence-corrected chi connectivity index (χ2v) is 5.63. The summed E-state index contributed by atoms with van der Waals surface area (Å²) in [5.74, 6) is 1.77. The molecule has 0 spiro atoms. The molecule has 0 radical (unpaired) electrons. The fourth-order valence-corrected chi connectivity index (χ4v) is 1.48. The first-order valence-corrected chi connectivity index (χ1v) is 6.98. The van der Waals surface area contributed by atoms with Gasteiger partial charge in [0.1, 0.15) is 18.1 Å². The van der Waals surface area contributed by atoms with Crippen molar-refractivity contribution in [2.45, 2.75) is 39.5 Å². The molecule has 0 aliphatic carbocycles. The number of hydrogen-bond acceptors (Lipinski definition) is 5. The minimum Gasteiger partial charge on any atom is -0.462 e. The summed E-state index contributed by atoms with van der Waals surface area (Å²) in [6.45, 7) is 9.93. The lowest BCUT2D eigenvalue weighted by molar-refractivity contribution is 0.0159. The van der Waals surface area contributed by atoms with E-state index in [4.69, 9.17) is 18.6 Å². The van der Waals surface area contributed by atoms with Crippen LogP contribution in [0.5, 0.6) is 0 Å². The Morgan fingerprint density at radius 1 is 1.00 bits per heavy atom. The molecule has 0 fully saturated rings. The second-order valence-electron chi connectivity index (χ2n) is 5.63. The van der Waals surface area contributed by atoms with Gasteiger partial charge in [-0.1, -0.05) is 0 Å². The standard InChI is InChI=1S/C15H27NO4/c1-15(2,3)16-11-13-5-6-14(20-13)12-19-10-9-18-8-7-17-4/h5-6,16H,7-12H2,1-4H3. The highest BCUT2D eigenvalue weighted by molar-refractivity contribution is 5.06. The summed E-state index contributed by atoms with van der Waals surface area (Å²) in [7, 11) is 1.66. The molecule has 0 bridgehead atoms. The van der Waals surface area contributed by atoms with Gasteiger partial charge in [0.2, 0.25) is 0 Å². The lowest BCUT2D eigenvalue weighted by Crippen LogP contribution is -2.34. The van der Waals surface area contributed by atoms with Crippen molar-refractivity contribution >= 4 is 0 Å². The average Bonchev–Trinajstić information content (AvgIpc) is 2.82. The molecule has 1 N–H and O–H groups in total. The molecule has 20 heavy (non-hydrogen) atoms. The van der Waals surface area contributed by atoms with Crippen LogP contribution in [0.25, 0.3) is 0 Å². The Kier molecular flexibility index (Phi) is 7.84. The summed E-state index contributed by atoms with van der Waals surface area (Å²) in [5.41, 5.74) is 0.0863. The van der Waals surface area contributed by atoms with Crippen LogP contribution in [0.3, 0.4) is 0 Å². The number of hydrogen-bond donors (Lipinski definition) is 1. The van der Waals surface area contributed by atoms with E-state index in [0.717, 1.165) is 18.1 Å². The van der Waals surface area contributed by atoms with Gasteiger partial charge in [-0.25, -0.2) is 0 Å². The highest BCUT2D eigenvalue weighted by Gasteiger charge is 2.10. The molecule has 0 saturated heterocycles. The third kappa shape index (κ3) is 8.32. The molecule has 0 aliphatic heterocycles. The minimum absolute atomic E-state index is 0.0863. The first-order chi connectivity index (χ1) is 9.51. The lowest BCUT2D eigenvalue weighted by Gasteiger charge is -2.19. The Bertz CT molecular complexity index is 357. The maximum Gasteiger partial charge on any atom is 0.129 e. The predicted octanol–water partition coefficient (Wildman–Crippen LogP) is 2.35. The SMILES string of the molecule is COCCOCCOCc1ccc(CNC(C)(C)C)o1. The van der Waals surface area contributed by atoms with Crippen LogP contribution < -0.4 is 5.32 Å². The molecular formula is C15H27NO4. The Morgan fingerprint density at radius 3 is 2.35 bits per heavy atom. The fraction of sp³-hybridized carbons (Fsp3) is 0.733. The fourth-order valence-electron chi connectivity index (χ4n) is 1.48. The third-order valence-electron chi connectivity index (χ3n) is 2.56. The molecule has 116 valence electrons. The van der Waals surface area contributed by atoms with Gasteiger partial charge >= 0.3 is 0 Å². The van der Waals surface area contributed by atoms with E-state index in [0.29, 0.717) is 33.0 Å². The quantitative estimate of drug-likeness (QED) is 0.669. The molecule has 5 nitrogen and oxygen atoms in total. The number of rotatable bonds is 10.